The zero-order valence-electron chi connectivity index (χ0n) is 9.74. The molecule has 0 saturated carbocycles. The summed E-state index contributed by atoms with van der Waals surface area (Å²) < 4.78 is 0. The number of carbonyl (C=O) groups is 1. The molecule has 1 atom stereocenters. The Bertz CT molecular complexity index is 346. The number of hydrogen-bond donors (Lipinski definition) is 1. The Hall–Kier alpha value is -1.31. The summed E-state index contributed by atoms with van der Waals surface area (Å²) in [6, 6.07) is 6.83. The maximum Gasteiger partial charge on any atom is 0.130 e. The molecule has 1 rings (SSSR count). The van der Waals surface area contributed by atoms with Crippen molar-refractivity contribution >= 4 is 6.29 Å². The van der Waals surface area contributed by atoms with Crippen LogP contribution < -0.4 is 0 Å². The van der Waals surface area contributed by atoms with E-state index in [9.17, 15) is 9.90 Å². The highest BCUT2D eigenvalue weighted by Crippen LogP contribution is 2.39. The minimum absolute atomic E-state index is 0.147. The average Bonchev–Trinajstić information content (AvgIpc) is 2.16. The normalized spacial score (nSPS) is 15.7. The third-order valence-electron chi connectivity index (χ3n) is 3.26. The van der Waals surface area contributed by atoms with Crippen LogP contribution in [0.1, 0.15) is 33.3 Å². The number of aromatic hydroxyl groups is 1. The zero-order chi connectivity index (χ0) is 11.7. The number of benzene rings is 1. The summed E-state index contributed by atoms with van der Waals surface area (Å²) in [5.74, 6) is 0.223. The van der Waals surface area contributed by atoms with Gasteiger partial charge < -0.3 is 9.90 Å². The van der Waals surface area contributed by atoms with Crippen LogP contribution >= 0.6 is 0 Å². The third-order valence-corrected chi connectivity index (χ3v) is 3.26. The molecule has 2 heteroatoms. The van der Waals surface area contributed by atoms with Crippen molar-refractivity contribution in [2.45, 2.75) is 33.1 Å². The molecule has 1 N–H and O–H groups in total. The lowest BCUT2D eigenvalue weighted by Gasteiger charge is -2.37. The third kappa shape index (κ3) is 2.04. The topological polar surface area (TPSA) is 37.3 Å². The van der Waals surface area contributed by atoms with Crippen molar-refractivity contribution in [2.75, 3.05) is 0 Å². The van der Waals surface area contributed by atoms with Crippen molar-refractivity contribution in [3.8, 4) is 5.75 Å². The summed E-state index contributed by atoms with van der Waals surface area (Å²) >= 11 is 0. The van der Waals surface area contributed by atoms with Crippen molar-refractivity contribution < 1.29 is 9.90 Å². The first-order valence-electron chi connectivity index (χ1n) is 5.07. The van der Waals surface area contributed by atoms with Crippen LogP contribution in [0.4, 0.5) is 0 Å². The minimum atomic E-state index is -0.527. The Morgan fingerprint density at radius 2 is 1.53 bits per heavy atom. The van der Waals surface area contributed by atoms with Crippen molar-refractivity contribution in [3.63, 3.8) is 0 Å². The maximum absolute atomic E-state index is 11.3. The Morgan fingerprint density at radius 1 is 1.07 bits per heavy atom. The number of rotatable bonds is 2. The molecule has 0 aliphatic carbocycles. The molecule has 0 heterocycles. The van der Waals surface area contributed by atoms with Gasteiger partial charge in [0.05, 0.1) is 5.41 Å². The molecule has 0 fully saturated rings. The van der Waals surface area contributed by atoms with Gasteiger partial charge in [-0.05, 0) is 30.0 Å². The van der Waals surface area contributed by atoms with E-state index in [-0.39, 0.29) is 11.2 Å². The highest BCUT2D eigenvalue weighted by molar-refractivity contribution is 5.69. The predicted molar refractivity (Wildman–Crippen MR) is 61.0 cm³/mol. The fourth-order valence-electron chi connectivity index (χ4n) is 1.49. The SMILES string of the molecule is CC(C)(C)C(C)(C=O)c1ccc(O)cc1. The smallest absolute Gasteiger partial charge is 0.130 e. The van der Waals surface area contributed by atoms with E-state index in [2.05, 4.69) is 0 Å². The average molecular weight is 206 g/mol. The summed E-state index contributed by atoms with van der Waals surface area (Å²) in [7, 11) is 0. The molecule has 82 valence electrons. The first-order chi connectivity index (χ1) is 6.81. The van der Waals surface area contributed by atoms with Gasteiger partial charge in [-0.15, -0.1) is 0 Å². The van der Waals surface area contributed by atoms with Gasteiger partial charge in [0.2, 0.25) is 0 Å². The van der Waals surface area contributed by atoms with Crippen molar-refractivity contribution in [2.24, 2.45) is 5.41 Å². The van der Waals surface area contributed by atoms with E-state index >= 15 is 0 Å². The van der Waals surface area contributed by atoms with Crippen LogP contribution in [0.2, 0.25) is 0 Å². The molecule has 0 spiro atoms. The van der Waals surface area contributed by atoms with E-state index < -0.39 is 5.41 Å². The maximum atomic E-state index is 11.3. The number of phenols is 1. The fraction of sp³-hybridized carbons (Fsp3) is 0.462. The summed E-state index contributed by atoms with van der Waals surface area (Å²) in [4.78, 5) is 11.3. The minimum Gasteiger partial charge on any atom is -0.508 e. The monoisotopic (exact) mass is 206 g/mol. The summed E-state index contributed by atoms with van der Waals surface area (Å²) in [5.41, 5.74) is 0.259. The molecule has 0 aliphatic rings. The Kier molecular flexibility index (Phi) is 2.89. The standard InChI is InChI=1S/C13H18O2/c1-12(2,3)13(4,9-14)10-5-7-11(15)8-6-10/h5-9,15H,1-4H3. The second-order valence-electron chi connectivity index (χ2n) is 5.12. The molecule has 1 unspecified atom stereocenters. The fourth-order valence-corrected chi connectivity index (χ4v) is 1.49. The van der Waals surface area contributed by atoms with E-state index in [4.69, 9.17) is 0 Å². The first kappa shape index (κ1) is 11.8. The summed E-state index contributed by atoms with van der Waals surface area (Å²) in [6.07, 6.45) is 0.985. The van der Waals surface area contributed by atoms with E-state index in [0.717, 1.165) is 11.8 Å². The largest absolute Gasteiger partial charge is 0.508 e. The van der Waals surface area contributed by atoms with Crippen LogP contribution in [0, 0.1) is 5.41 Å². The Balaban J connectivity index is 3.24. The number of aldehydes is 1. The number of hydrogen-bond acceptors (Lipinski definition) is 2. The van der Waals surface area contributed by atoms with Crippen LogP contribution in [-0.4, -0.2) is 11.4 Å². The van der Waals surface area contributed by atoms with Crippen LogP contribution in [0.5, 0.6) is 5.75 Å². The quantitative estimate of drug-likeness (QED) is 0.755. The summed E-state index contributed by atoms with van der Waals surface area (Å²) in [6.45, 7) is 8.03. The van der Waals surface area contributed by atoms with Crippen molar-refractivity contribution in [3.05, 3.63) is 29.8 Å². The number of carbonyl (C=O) groups excluding carboxylic acids is 1. The van der Waals surface area contributed by atoms with Gasteiger partial charge in [0.25, 0.3) is 0 Å². The van der Waals surface area contributed by atoms with Crippen molar-refractivity contribution in [1.29, 1.82) is 0 Å². The Morgan fingerprint density at radius 3 is 1.87 bits per heavy atom. The predicted octanol–water partition coefficient (Wildman–Crippen LogP) is 2.89. The van der Waals surface area contributed by atoms with Gasteiger partial charge in [-0.25, -0.2) is 0 Å². The van der Waals surface area contributed by atoms with Gasteiger partial charge >= 0.3 is 0 Å². The molecule has 2 nitrogen and oxygen atoms in total. The molecule has 0 bridgehead atoms. The lowest BCUT2D eigenvalue weighted by molar-refractivity contribution is -0.115. The second kappa shape index (κ2) is 3.69. The molecule has 0 radical (unpaired) electrons. The molecule has 1 aromatic carbocycles. The van der Waals surface area contributed by atoms with Gasteiger partial charge in [-0.2, -0.15) is 0 Å². The first-order valence-corrected chi connectivity index (χ1v) is 5.07. The molecule has 15 heavy (non-hydrogen) atoms. The zero-order valence-corrected chi connectivity index (χ0v) is 9.74. The van der Waals surface area contributed by atoms with Crippen LogP contribution in [-0.2, 0) is 10.2 Å². The van der Waals surface area contributed by atoms with Gasteiger partial charge in [0.15, 0.2) is 0 Å². The molecule has 0 amide bonds. The number of phenolic OH excluding ortho intramolecular Hbond substituents is 1. The van der Waals surface area contributed by atoms with Gasteiger partial charge in [0.1, 0.15) is 12.0 Å². The van der Waals surface area contributed by atoms with Crippen LogP contribution in [0.15, 0.2) is 24.3 Å². The van der Waals surface area contributed by atoms with Crippen LogP contribution in [0.3, 0.4) is 0 Å². The highest BCUT2D eigenvalue weighted by atomic mass is 16.3. The highest BCUT2D eigenvalue weighted by Gasteiger charge is 2.38. The molecule has 0 aromatic heterocycles. The Labute approximate surface area is 90.9 Å². The van der Waals surface area contributed by atoms with E-state index in [1.54, 1.807) is 24.3 Å². The van der Waals surface area contributed by atoms with Crippen molar-refractivity contribution in [1.82, 2.24) is 0 Å². The van der Waals surface area contributed by atoms with E-state index in [1.165, 1.54) is 0 Å². The van der Waals surface area contributed by atoms with Crippen LogP contribution in [0.25, 0.3) is 0 Å². The lowest BCUT2D eigenvalue weighted by atomic mass is 9.65. The molecule has 0 saturated heterocycles. The molecule has 0 aliphatic heterocycles. The lowest BCUT2D eigenvalue weighted by Crippen LogP contribution is -2.38. The second-order valence-corrected chi connectivity index (χ2v) is 5.12. The molecule has 1 aromatic rings. The van der Waals surface area contributed by atoms with Gasteiger partial charge in [-0.3, -0.25) is 0 Å². The van der Waals surface area contributed by atoms with Gasteiger partial charge in [-0.1, -0.05) is 32.9 Å². The molecular weight excluding hydrogens is 188 g/mol. The van der Waals surface area contributed by atoms with Gasteiger partial charge in [0, 0.05) is 0 Å². The van der Waals surface area contributed by atoms with E-state index in [1.807, 2.05) is 27.7 Å². The summed E-state index contributed by atoms with van der Waals surface area (Å²) in [5, 5.41) is 9.21. The van der Waals surface area contributed by atoms with E-state index in [0.29, 0.717) is 0 Å². The molecular formula is C13H18O2.